The number of ether oxygens (including phenoxy) is 1. The molecule has 1 aromatic rings. The van der Waals surface area contributed by atoms with Crippen LogP contribution in [0.1, 0.15) is 39.5 Å². The van der Waals surface area contributed by atoms with Crippen LogP contribution in [0.15, 0.2) is 22.7 Å². The maximum Gasteiger partial charge on any atom is 0.141 e. The first-order valence-corrected chi connectivity index (χ1v) is 7.70. The van der Waals surface area contributed by atoms with Crippen molar-refractivity contribution in [2.45, 2.75) is 45.6 Å². The molecule has 0 aliphatic carbocycles. The van der Waals surface area contributed by atoms with Crippen LogP contribution in [0.3, 0.4) is 0 Å². The third-order valence-electron chi connectivity index (χ3n) is 2.78. The van der Waals surface area contributed by atoms with Crippen molar-refractivity contribution < 1.29 is 9.13 Å². The first-order valence-electron chi connectivity index (χ1n) is 6.91. The smallest absolute Gasteiger partial charge is 0.141 e. The highest BCUT2D eigenvalue weighted by Crippen LogP contribution is 2.21. The largest absolute Gasteiger partial charge is 0.493 e. The van der Waals surface area contributed by atoms with Gasteiger partial charge < -0.3 is 10.1 Å². The molecule has 0 aliphatic heterocycles. The topological polar surface area (TPSA) is 21.3 Å². The fourth-order valence-electron chi connectivity index (χ4n) is 1.73. The molecular weight excluding hydrogens is 309 g/mol. The molecule has 0 fully saturated rings. The van der Waals surface area contributed by atoms with Gasteiger partial charge in [-0.1, -0.05) is 26.7 Å². The van der Waals surface area contributed by atoms with Gasteiger partial charge in [-0.2, -0.15) is 0 Å². The number of rotatable bonds is 9. The molecule has 0 saturated carbocycles. The second-order valence-electron chi connectivity index (χ2n) is 4.95. The highest BCUT2D eigenvalue weighted by Gasteiger charge is 2.01. The molecule has 19 heavy (non-hydrogen) atoms. The predicted molar refractivity (Wildman–Crippen MR) is 81.2 cm³/mol. The Labute approximate surface area is 123 Å². The summed E-state index contributed by atoms with van der Waals surface area (Å²) in [5, 5.41) is 3.40. The fourth-order valence-corrected chi connectivity index (χ4v) is 1.97. The standard InChI is InChI=1S/C15H23BrFNO/c1-12(2)18-9-5-3-4-6-10-19-13-7-8-14(16)15(17)11-13/h7-8,11-12,18H,3-6,9-10H2,1-2H3. The number of halogens is 2. The van der Waals surface area contributed by atoms with E-state index in [-0.39, 0.29) is 5.82 Å². The molecule has 0 atom stereocenters. The van der Waals surface area contributed by atoms with Crippen molar-refractivity contribution in [3.8, 4) is 5.75 Å². The minimum atomic E-state index is -0.280. The lowest BCUT2D eigenvalue weighted by molar-refractivity contribution is 0.303. The highest BCUT2D eigenvalue weighted by molar-refractivity contribution is 9.10. The molecule has 0 bridgehead atoms. The first kappa shape index (κ1) is 16.4. The van der Waals surface area contributed by atoms with E-state index in [0.717, 1.165) is 19.4 Å². The molecule has 108 valence electrons. The van der Waals surface area contributed by atoms with E-state index in [4.69, 9.17) is 4.74 Å². The Morgan fingerprint density at radius 3 is 2.63 bits per heavy atom. The third-order valence-corrected chi connectivity index (χ3v) is 3.43. The fraction of sp³-hybridized carbons (Fsp3) is 0.600. The summed E-state index contributed by atoms with van der Waals surface area (Å²) in [6.07, 6.45) is 4.57. The van der Waals surface area contributed by atoms with Crippen LogP contribution < -0.4 is 10.1 Å². The van der Waals surface area contributed by atoms with Crippen molar-refractivity contribution >= 4 is 15.9 Å². The molecule has 4 heteroatoms. The van der Waals surface area contributed by atoms with Gasteiger partial charge in [-0.3, -0.25) is 0 Å². The van der Waals surface area contributed by atoms with E-state index >= 15 is 0 Å². The maximum atomic E-state index is 13.2. The van der Waals surface area contributed by atoms with E-state index < -0.39 is 0 Å². The van der Waals surface area contributed by atoms with Gasteiger partial charge >= 0.3 is 0 Å². The van der Waals surface area contributed by atoms with E-state index in [1.165, 1.54) is 18.9 Å². The van der Waals surface area contributed by atoms with E-state index in [0.29, 0.717) is 22.9 Å². The van der Waals surface area contributed by atoms with Crippen molar-refractivity contribution in [2.75, 3.05) is 13.2 Å². The first-order chi connectivity index (χ1) is 9.09. The van der Waals surface area contributed by atoms with Crippen LogP contribution in [0.4, 0.5) is 4.39 Å². The Morgan fingerprint density at radius 2 is 1.95 bits per heavy atom. The molecular formula is C15H23BrFNO. The van der Waals surface area contributed by atoms with Crippen LogP contribution in [-0.2, 0) is 0 Å². The summed E-state index contributed by atoms with van der Waals surface area (Å²) in [7, 11) is 0. The summed E-state index contributed by atoms with van der Waals surface area (Å²) >= 11 is 3.12. The minimum Gasteiger partial charge on any atom is -0.493 e. The summed E-state index contributed by atoms with van der Waals surface area (Å²) in [4.78, 5) is 0. The van der Waals surface area contributed by atoms with Gasteiger partial charge in [-0.15, -0.1) is 0 Å². The van der Waals surface area contributed by atoms with Crippen molar-refractivity contribution in [1.82, 2.24) is 5.32 Å². The number of nitrogens with one attached hydrogen (secondary N) is 1. The summed E-state index contributed by atoms with van der Waals surface area (Å²) in [5.74, 6) is 0.319. The Balaban J connectivity index is 2.03. The van der Waals surface area contributed by atoms with Gasteiger partial charge in [0, 0.05) is 12.1 Å². The second-order valence-corrected chi connectivity index (χ2v) is 5.80. The summed E-state index contributed by atoms with van der Waals surface area (Å²) in [6.45, 7) is 6.05. The Hall–Kier alpha value is -0.610. The maximum absolute atomic E-state index is 13.2. The van der Waals surface area contributed by atoms with Crippen LogP contribution >= 0.6 is 15.9 Å². The van der Waals surface area contributed by atoms with Gasteiger partial charge in [0.05, 0.1) is 11.1 Å². The summed E-state index contributed by atoms with van der Waals surface area (Å²) < 4.78 is 19.2. The molecule has 0 heterocycles. The average molecular weight is 332 g/mol. The van der Waals surface area contributed by atoms with Crippen LogP contribution in [0.5, 0.6) is 5.75 Å². The average Bonchev–Trinajstić information content (AvgIpc) is 2.36. The molecule has 1 aromatic carbocycles. The zero-order valence-corrected chi connectivity index (χ0v) is 13.3. The summed E-state index contributed by atoms with van der Waals surface area (Å²) in [6, 6.07) is 5.43. The van der Waals surface area contributed by atoms with E-state index in [1.54, 1.807) is 12.1 Å². The van der Waals surface area contributed by atoms with Gasteiger partial charge in [-0.25, -0.2) is 4.39 Å². The third kappa shape index (κ3) is 7.53. The van der Waals surface area contributed by atoms with E-state index in [2.05, 4.69) is 35.1 Å². The highest BCUT2D eigenvalue weighted by atomic mass is 79.9. The van der Waals surface area contributed by atoms with Crippen LogP contribution in [-0.4, -0.2) is 19.2 Å². The summed E-state index contributed by atoms with van der Waals surface area (Å²) in [5.41, 5.74) is 0. The van der Waals surface area contributed by atoms with Gasteiger partial charge in [0.15, 0.2) is 0 Å². The molecule has 0 radical (unpaired) electrons. The predicted octanol–water partition coefficient (Wildman–Crippen LogP) is 4.53. The molecule has 1 N–H and O–H groups in total. The van der Waals surface area contributed by atoms with Crippen LogP contribution in [0.25, 0.3) is 0 Å². The quantitative estimate of drug-likeness (QED) is 0.671. The molecule has 2 nitrogen and oxygen atoms in total. The number of benzene rings is 1. The Morgan fingerprint density at radius 1 is 1.21 bits per heavy atom. The Kier molecular flexibility index (Phi) is 8.07. The van der Waals surface area contributed by atoms with Gasteiger partial charge in [0.25, 0.3) is 0 Å². The Bertz CT molecular complexity index is 371. The molecule has 0 amide bonds. The van der Waals surface area contributed by atoms with E-state index in [1.807, 2.05) is 0 Å². The lowest BCUT2D eigenvalue weighted by Gasteiger charge is -2.08. The minimum absolute atomic E-state index is 0.280. The van der Waals surface area contributed by atoms with Crippen molar-refractivity contribution in [1.29, 1.82) is 0 Å². The van der Waals surface area contributed by atoms with Gasteiger partial charge in [0.2, 0.25) is 0 Å². The van der Waals surface area contributed by atoms with Crippen molar-refractivity contribution in [3.05, 3.63) is 28.5 Å². The number of hydrogen-bond donors (Lipinski definition) is 1. The van der Waals surface area contributed by atoms with Crippen molar-refractivity contribution in [2.24, 2.45) is 0 Å². The monoisotopic (exact) mass is 331 g/mol. The normalized spacial score (nSPS) is 11.0. The van der Waals surface area contributed by atoms with Gasteiger partial charge in [-0.05, 0) is 47.4 Å². The molecule has 1 rings (SSSR count). The molecule has 0 aromatic heterocycles. The lowest BCUT2D eigenvalue weighted by Crippen LogP contribution is -2.23. The molecule has 0 saturated heterocycles. The van der Waals surface area contributed by atoms with E-state index in [9.17, 15) is 4.39 Å². The SMILES string of the molecule is CC(C)NCCCCCCOc1ccc(Br)c(F)c1. The second kappa shape index (κ2) is 9.32. The lowest BCUT2D eigenvalue weighted by atomic mass is 10.2. The molecule has 0 unspecified atom stereocenters. The van der Waals surface area contributed by atoms with Crippen LogP contribution in [0, 0.1) is 5.82 Å². The number of hydrogen-bond acceptors (Lipinski definition) is 2. The van der Waals surface area contributed by atoms with Crippen molar-refractivity contribution in [3.63, 3.8) is 0 Å². The zero-order chi connectivity index (χ0) is 14.1. The zero-order valence-electron chi connectivity index (χ0n) is 11.7. The number of unbranched alkanes of at least 4 members (excludes halogenated alkanes) is 3. The molecule has 0 spiro atoms. The van der Waals surface area contributed by atoms with Crippen LogP contribution in [0.2, 0.25) is 0 Å². The van der Waals surface area contributed by atoms with Gasteiger partial charge in [0.1, 0.15) is 11.6 Å². The molecule has 0 aliphatic rings.